The number of rotatable bonds is 4. The predicted octanol–water partition coefficient (Wildman–Crippen LogP) is 4.58. The second-order valence-corrected chi connectivity index (χ2v) is 6.53. The predicted molar refractivity (Wildman–Crippen MR) is 114 cm³/mol. The van der Waals surface area contributed by atoms with Gasteiger partial charge >= 0.3 is 0 Å². The van der Waals surface area contributed by atoms with Gasteiger partial charge in [0, 0.05) is 35.7 Å². The van der Waals surface area contributed by atoms with E-state index in [0.29, 0.717) is 11.6 Å². The van der Waals surface area contributed by atoms with E-state index < -0.39 is 0 Å². The van der Waals surface area contributed by atoms with Crippen molar-refractivity contribution in [3.63, 3.8) is 0 Å². The molecule has 0 fully saturated rings. The molecule has 0 saturated heterocycles. The second-order valence-electron chi connectivity index (χ2n) is 6.53. The van der Waals surface area contributed by atoms with E-state index in [1.807, 2.05) is 84.0 Å². The Hall–Kier alpha value is -4.19. The summed E-state index contributed by atoms with van der Waals surface area (Å²) in [5.74, 6) is 0.485. The van der Waals surface area contributed by atoms with Gasteiger partial charge in [0.05, 0.1) is 11.4 Å². The lowest BCUT2D eigenvalue weighted by Crippen LogP contribution is -2.20. The first-order chi connectivity index (χ1) is 14.3. The van der Waals surface area contributed by atoms with Crippen molar-refractivity contribution in [3.05, 3.63) is 108 Å². The molecule has 0 aliphatic rings. The highest BCUT2D eigenvalue weighted by atomic mass is 16.1. The molecule has 0 aliphatic heterocycles. The fourth-order valence-corrected chi connectivity index (χ4v) is 3.36. The molecule has 140 valence electrons. The molecule has 3 heterocycles. The van der Waals surface area contributed by atoms with Crippen molar-refractivity contribution < 1.29 is 0 Å². The van der Waals surface area contributed by atoms with Gasteiger partial charge in [0.15, 0.2) is 5.65 Å². The summed E-state index contributed by atoms with van der Waals surface area (Å²) in [6.45, 7) is 0. The Labute approximate surface area is 166 Å². The Morgan fingerprint density at radius 3 is 2.31 bits per heavy atom. The normalized spacial score (nSPS) is 10.9. The van der Waals surface area contributed by atoms with Gasteiger partial charge < -0.3 is 4.98 Å². The van der Waals surface area contributed by atoms with E-state index in [0.717, 1.165) is 22.4 Å². The van der Waals surface area contributed by atoms with Gasteiger partial charge in [-0.3, -0.25) is 14.3 Å². The number of hydrogen-bond acceptors (Lipinski definition) is 4. The number of para-hydroxylation sites is 2. The van der Waals surface area contributed by atoms with E-state index in [4.69, 9.17) is 4.98 Å². The summed E-state index contributed by atoms with van der Waals surface area (Å²) in [6.07, 6.45) is 5.49. The third kappa shape index (κ3) is 3.06. The van der Waals surface area contributed by atoms with Gasteiger partial charge in [-0.25, -0.2) is 4.98 Å². The maximum atomic E-state index is 12.7. The first kappa shape index (κ1) is 16.9. The van der Waals surface area contributed by atoms with Crippen molar-refractivity contribution in [2.75, 3.05) is 4.90 Å². The number of aromatic nitrogens is 4. The zero-order valence-electron chi connectivity index (χ0n) is 15.4. The number of hydrogen-bond donors (Lipinski definition) is 1. The molecular weight excluding hydrogens is 362 g/mol. The fraction of sp³-hybridized carbons (Fsp3) is 0. The molecule has 6 nitrogen and oxygen atoms in total. The Kier molecular flexibility index (Phi) is 4.14. The fourth-order valence-electron chi connectivity index (χ4n) is 3.36. The standard InChI is InChI=1S/C23H17N5O/c29-21-12-11-17-15-25-23(26-22(17)28(21)19-9-5-2-6-10-19)27(20-13-14-24-16-20)18-7-3-1-4-8-18/h1-16,24H. The molecule has 5 aromatic rings. The molecule has 29 heavy (non-hydrogen) atoms. The Bertz CT molecular complexity index is 1310. The smallest absolute Gasteiger partial charge is 0.256 e. The van der Waals surface area contributed by atoms with E-state index in [1.54, 1.807) is 22.9 Å². The number of nitrogens with one attached hydrogen (secondary N) is 1. The van der Waals surface area contributed by atoms with E-state index in [2.05, 4.69) is 9.97 Å². The number of pyridine rings is 1. The van der Waals surface area contributed by atoms with E-state index in [-0.39, 0.29) is 5.56 Å². The number of nitrogens with zero attached hydrogens (tertiary/aromatic N) is 4. The largest absolute Gasteiger partial charge is 0.366 e. The summed E-state index contributed by atoms with van der Waals surface area (Å²) in [6, 6.07) is 24.7. The molecule has 0 aliphatic carbocycles. The topological polar surface area (TPSA) is 66.8 Å². The van der Waals surface area contributed by atoms with Crippen LogP contribution >= 0.6 is 0 Å². The van der Waals surface area contributed by atoms with E-state index in [9.17, 15) is 4.79 Å². The number of benzene rings is 2. The molecule has 1 N–H and O–H groups in total. The SMILES string of the molecule is O=c1ccc2cnc(N(c3ccccc3)c3cc[nH]c3)nc2n1-c1ccccc1. The Morgan fingerprint density at radius 2 is 1.59 bits per heavy atom. The number of aromatic amines is 1. The maximum absolute atomic E-state index is 12.7. The average molecular weight is 379 g/mol. The summed E-state index contributed by atoms with van der Waals surface area (Å²) in [5, 5.41) is 0.791. The highest BCUT2D eigenvalue weighted by molar-refractivity contribution is 5.80. The van der Waals surface area contributed by atoms with Crippen LogP contribution in [0.3, 0.4) is 0 Å². The quantitative estimate of drug-likeness (QED) is 0.496. The average Bonchev–Trinajstić information content (AvgIpc) is 3.29. The van der Waals surface area contributed by atoms with Crippen molar-refractivity contribution in [1.29, 1.82) is 0 Å². The summed E-state index contributed by atoms with van der Waals surface area (Å²) in [4.78, 5) is 27.1. The number of H-pyrrole nitrogens is 1. The highest BCUT2D eigenvalue weighted by Crippen LogP contribution is 2.32. The third-order valence-electron chi connectivity index (χ3n) is 4.69. The zero-order valence-corrected chi connectivity index (χ0v) is 15.4. The van der Waals surface area contributed by atoms with Crippen molar-refractivity contribution in [2.24, 2.45) is 0 Å². The minimum atomic E-state index is -0.138. The molecule has 0 bridgehead atoms. The molecule has 2 aromatic carbocycles. The van der Waals surface area contributed by atoms with Gasteiger partial charge in [-0.1, -0.05) is 36.4 Å². The second kappa shape index (κ2) is 7.09. The molecule has 0 atom stereocenters. The van der Waals surface area contributed by atoms with Gasteiger partial charge in [0.25, 0.3) is 5.56 Å². The molecule has 0 spiro atoms. The monoisotopic (exact) mass is 379 g/mol. The summed E-state index contributed by atoms with van der Waals surface area (Å²) < 4.78 is 1.61. The first-order valence-corrected chi connectivity index (χ1v) is 9.23. The van der Waals surface area contributed by atoms with Crippen molar-refractivity contribution in [2.45, 2.75) is 0 Å². The van der Waals surface area contributed by atoms with Gasteiger partial charge in [0.2, 0.25) is 5.95 Å². The number of anilines is 3. The van der Waals surface area contributed by atoms with Crippen LogP contribution in [0.25, 0.3) is 16.7 Å². The van der Waals surface area contributed by atoms with E-state index >= 15 is 0 Å². The first-order valence-electron chi connectivity index (χ1n) is 9.23. The third-order valence-corrected chi connectivity index (χ3v) is 4.69. The van der Waals surface area contributed by atoms with Crippen LogP contribution in [0.5, 0.6) is 0 Å². The van der Waals surface area contributed by atoms with Crippen molar-refractivity contribution in [1.82, 2.24) is 19.5 Å². The van der Waals surface area contributed by atoms with Gasteiger partial charge in [0.1, 0.15) is 0 Å². The number of fused-ring (bicyclic) bond motifs is 1. The van der Waals surface area contributed by atoms with Crippen molar-refractivity contribution in [3.8, 4) is 5.69 Å². The van der Waals surface area contributed by atoms with Crippen LogP contribution in [0.4, 0.5) is 17.3 Å². The van der Waals surface area contributed by atoms with Crippen LogP contribution in [0.15, 0.2) is 102 Å². The Balaban J connectivity index is 1.76. The molecule has 0 amide bonds. The zero-order chi connectivity index (χ0) is 19.6. The van der Waals surface area contributed by atoms with E-state index in [1.165, 1.54) is 0 Å². The molecule has 0 radical (unpaired) electrons. The lowest BCUT2D eigenvalue weighted by atomic mass is 10.2. The molecule has 0 unspecified atom stereocenters. The summed E-state index contributed by atoms with van der Waals surface area (Å²) in [7, 11) is 0. The Morgan fingerprint density at radius 1 is 0.828 bits per heavy atom. The molecule has 6 heteroatoms. The van der Waals surface area contributed by atoms with Crippen LogP contribution in [0.2, 0.25) is 0 Å². The molecule has 5 rings (SSSR count). The lowest BCUT2D eigenvalue weighted by Gasteiger charge is -2.22. The van der Waals surface area contributed by atoms with Crippen LogP contribution in [0.1, 0.15) is 0 Å². The molecule has 3 aromatic heterocycles. The lowest BCUT2D eigenvalue weighted by molar-refractivity contribution is 0.993. The molecule has 0 saturated carbocycles. The van der Waals surface area contributed by atoms with Gasteiger partial charge in [-0.15, -0.1) is 0 Å². The highest BCUT2D eigenvalue weighted by Gasteiger charge is 2.17. The minimum Gasteiger partial charge on any atom is -0.366 e. The molecular formula is C23H17N5O. The van der Waals surface area contributed by atoms with Crippen LogP contribution in [-0.4, -0.2) is 19.5 Å². The van der Waals surface area contributed by atoms with Crippen LogP contribution < -0.4 is 10.5 Å². The van der Waals surface area contributed by atoms with Gasteiger partial charge in [-0.2, -0.15) is 4.98 Å². The van der Waals surface area contributed by atoms with Gasteiger partial charge in [-0.05, 0) is 36.4 Å². The van der Waals surface area contributed by atoms with Crippen molar-refractivity contribution >= 4 is 28.4 Å². The maximum Gasteiger partial charge on any atom is 0.256 e. The van der Waals surface area contributed by atoms with Crippen LogP contribution in [-0.2, 0) is 0 Å². The summed E-state index contributed by atoms with van der Waals surface area (Å²) >= 11 is 0. The summed E-state index contributed by atoms with van der Waals surface area (Å²) in [5.41, 5.74) is 3.02. The van der Waals surface area contributed by atoms with Crippen LogP contribution in [0, 0.1) is 0 Å². The minimum absolute atomic E-state index is 0.138.